The summed E-state index contributed by atoms with van der Waals surface area (Å²) in [5.41, 5.74) is -2.61. The van der Waals surface area contributed by atoms with Crippen LogP contribution >= 0.6 is 11.6 Å². The first kappa shape index (κ1) is 27.2. The van der Waals surface area contributed by atoms with Gasteiger partial charge in [0.05, 0.1) is 12.6 Å². The third kappa shape index (κ3) is 5.85. The molecule has 0 radical (unpaired) electrons. The van der Waals surface area contributed by atoms with Crippen molar-refractivity contribution in [3.63, 3.8) is 0 Å². The molecule has 37 heavy (non-hydrogen) atoms. The van der Waals surface area contributed by atoms with Crippen molar-refractivity contribution < 1.29 is 31.8 Å². The van der Waals surface area contributed by atoms with Crippen LogP contribution in [0.25, 0.3) is 0 Å². The van der Waals surface area contributed by atoms with Crippen molar-refractivity contribution in [2.24, 2.45) is 10.9 Å². The first-order valence-corrected chi connectivity index (χ1v) is 12.5. The zero-order valence-corrected chi connectivity index (χ0v) is 21.1. The van der Waals surface area contributed by atoms with Gasteiger partial charge in [-0.3, -0.25) is 4.99 Å². The van der Waals surface area contributed by atoms with Gasteiger partial charge in [0, 0.05) is 22.7 Å². The van der Waals surface area contributed by atoms with Crippen molar-refractivity contribution in [1.29, 1.82) is 0 Å². The molecule has 2 aromatic rings. The van der Waals surface area contributed by atoms with Gasteiger partial charge in [-0.05, 0) is 68.1 Å². The molecule has 4 unspecified atom stereocenters. The first-order valence-electron chi connectivity index (χ1n) is 12.1. The maximum Gasteiger partial charge on any atom is 0.421 e. The molecule has 2 N–H and O–H groups in total. The molecule has 0 spiro atoms. The maximum absolute atomic E-state index is 14.1. The van der Waals surface area contributed by atoms with Crippen molar-refractivity contribution in [1.82, 2.24) is 5.32 Å². The Labute approximate surface area is 217 Å². The Morgan fingerprint density at radius 2 is 1.95 bits per heavy atom. The lowest BCUT2D eigenvalue weighted by atomic mass is 9.84. The number of nitrogens with one attached hydrogen (secondary N) is 2. The molecule has 0 aromatic heterocycles. The van der Waals surface area contributed by atoms with E-state index >= 15 is 0 Å². The Balaban J connectivity index is 1.62. The fourth-order valence-electron chi connectivity index (χ4n) is 4.72. The monoisotopic (exact) mass is 541 g/mol. The molecule has 2 aliphatic heterocycles. The average Bonchev–Trinajstić information content (AvgIpc) is 2.78. The van der Waals surface area contributed by atoms with E-state index in [9.17, 15) is 22.4 Å². The van der Waals surface area contributed by atoms with Crippen LogP contribution in [0.1, 0.15) is 45.1 Å². The highest BCUT2D eigenvalue weighted by Crippen LogP contribution is 2.53. The van der Waals surface area contributed by atoms with E-state index in [1.807, 2.05) is 13.8 Å². The Kier molecular flexibility index (Phi) is 7.99. The van der Waals surface area contributed by atoms with Crippen LogP contribution in [0, 0.1) is 11.7 Å². The lowest BCUT2D eigenvalue weighted by Gasteiger charge is -2.44. The number of halogens is 5. The Hall–Kier alpha value is -2.85. The Bertz CT molecular complexity index is 1150. The number of amides is 2. The van der Waals surface area contributed by atoms with Gasteiger partial charge in [-0.15, -0.1) is 0 Å². The van der Waals surface area contributed by atoms with Crippen molar-refractivity contribution in [2.75, 3.05) is 11.9 Å². The molecule has 4 rings (SSSR count). The van der Waals surface area contributed by atoms with Crippen molar-refractivity contribution >= 4 is 29.2 Å². The lowest BCUT2D eigenvalue weighted by molar-refractivity contribution is -0.333. The Morgan fingerprint density at radius 1 is 1.24 bits per heavy atom. The zero-order valence-electron chi connectivity index (χ0n) is 20.4. The van der Waals surface area contributed by atoms with Crippen LogP contribution in [0.5, 0.6) is 5.75 Å². The number of carbonyl (C=O) groups is 1. The number of aliphatic imine (C=N–C) groups is 1. The van der Waals surface area contributed by atoms with Crippen LogP contribution in [0.3, 0.4) is 0 Å². The fourth-order valence-corrected chi connectivity index (χ4v) is 4.84. The summed E-state index contributed by atoms with van der Waals surface area (Å²) < 4.78 is 67.0. The number of carbonyl (C=O) groups excluding carboxylic acids is 1. The average molecular weight is 542 g/mol. The summed E-state index contributed by atoms with van der Waals surface area (Å²) in [4.78, 5) is 17.4. The third-order valence-electron chi connectivity index (χ3n) is 6.77. The van der Waals surface area contributed by atoms with Crippen molar-refractivity contribution in [2.45, 2.75) is 63.4 Å². The normalized spacial score (nSPS) is 25.6. The van der Waals surface area contributed by atoms with Crippen LogP contribution in [-0.2, 0) is 10.3 Å². The van der Waals surface area contributed by atoms with Gasteiger partial charge in [0.25, 0.3) is 0 Å². The van der Waals surface area contributed by atoms with E-state index in [1.54, 1.807) is 24.3 Å². The van der Waals surface area contributed by atoms with Crippen LogP contribution in [0.15, 0.2) is 47.5 Å². The van der Waals surface area contributed by atoms with E-state index in [2.05, 4.69) is 15.6 Å². The van der Waals surface area contributed by atoms with Crippen LogP contribution in [-0.4, -0.2) is 36.8 Å². The van der Waals surface area contributed by atoms with E-state index in [4.69, 9.17) is 21.1 Å². The summed E-state index contributed by atoms with van der Waals surface area (Å²) in [6.07, 6.45) is -2.91. The largest absolute Gasteiger partial charge is 0.441 e. The molecule has 0 bridgehead atoms. The standard InChI is InChI=1S/C26H28ClF4N3O3/c1-3-4-16-13-21(34-24(35)33-19-8-5-17(27)6-9-19)23(32-15(16)2)37-22-10-7-18(28)14-20(22)25(11-12-36-25)26(29,30)31/h5-10,14-16,21H,3-4,11-13H2,1-2H3,(H2,33,34,35). The second kappa shape index (κ2) is 10.9. The summed E-state index contributed by atoms with van der Waals surface area (Å²) in [5.74, 6) is -0.887. The number of ether oxygens (including phenoxy) is 2. The van der Waals surface area contributed by atoms with Crippen molar-refractivity contribution in [3.05, 3.63) is 58.9 Å². The SMILES string of the molecule is CCCC1CC(NC(=O)Nc2ccc(Cl)cc2)C(Oc2ccc(F)cc2C2(C(F)(F)F)CCO2)=NC1C. The maximum atomic E-state index is 14.1. The van der Waals surface area contributed by atoms with Crippen molar-refractivity contribution in [3.8, 4) is 5.75 Å². The molecule has 2 amide bonds. The quantitative estimate of drug-likeness (QED) is 0.394. The number of nitrogens with zero attached hydrogens (tertiary/aromatic N) is 1. The van der Waals surface area contributed by atoms with Crippen LogP contribution < -0.4 is 15.4 Å². The van der Waals surface area contributed by atoms with E-state index in [-0.39, 0.29) is 36.6 Å². The molecule has 11 heteroatoms. The smallest absolute Gasteiger partial charge is 0.421 e. The van der Waals surface area contributed by atoms with Gasteiger partial charge in [0.15, 0.2) is 5.60 Å². The second-order valence-electron chi connectivity index (χ2n) is 9.32. The molecule has 1 fully saturated rings. The topological polar surface area (TPSA) is 72.0 Å². The molecule has 0 aliphatic carbocycles. The highest BCUT2D eigenvalue weighted by molar-refractivity contribution is 6.30. The van der Waals surface area contributed by atoms with Crippen LogP contribution in [0.4, 0.5) is 28.0 Å². The molecule has 0 saturated carbocycles. The van der Waals surface area contributed by atoms with Gasteiger partial charge >= 0.3 is 12.2 Å². The number of hydrogen-bond donors (Lipinski definition) is 2. The number of urea groups is 1. The number of hydrogen-bond acceptors (Lipinski definition) is 4. The van der Waals surface area contributed by atoms with Crippen LogP contribution in [0.2, 0.25) is 5.02 Å². The predicted octanol–water partition coefficient (Wildman–Crippen LogP) is 6.83. The fraction of sp³-hybridized carbons (Fsp3) is 0.462. The summed E-state index contributed by atoms with van der Waals surface area (Å²) >= 11 is 5.89. The Morgan fingerprint density at radius 3 is 2.54 bits per heavy atom. The molecular weight excluding hydrogens is 514 g/mol. The summed E-state index contributed by atoms with van der Waals surface area (Å²) in [7, 11) is 0. The predicted molar refractivity (Wildman–Crippen MR) is 133 cm³/mol. The molecular formula is C26H28ClF4N3O3. The number of benzene rings is 2. The number of rotatable bonds is 6. The van der Waals surface area contributed by atoms with Gasteiger partial charge in [0.1, 0.15) is 17.6 Å². The molecule has 200 valence electrons. The van der Waals surface area contributed by atoms with E-state index in [1.165, 1.54) is 0 Å². The van der Waals surface area contributed by atoms with Gasteiger partial charge in [-0.1, -0.05) is 24.9 Å². The van der Waals surface area contributed by atoms with E-state index in [0.29, 0.717) is 17.1 Å². The minimum Gasteiger partial charge on any atom is -0.441 e. The first-order chi connectivity index (χ1) is 17.5. The van der Waals surface area contributed by atoms with E-state index < -0.39 is 35.2 Å². The molecule has 4 atom stereocenters. The third-order valence-corrected chi connectivity index (χ3v) is 7.02. The molecule has 2 heterocycles. The molecule has 2 aliphatic rings. The van der Waals surface area contributed by atoms with Gasteiger partial charge < -0.3 is 20.1 Å². The highest BCUT2D eigenvalue weighted by Gasteiger charge is 2.62. The van der Waals surface area contributed by atoms with E-state index in [0.717, 1.165) is 31.0 Å². The molecule has 1 saturated heterocycles. The summed E-state index contributed by atoms with van der Waals surface area (Å²) in [6, 6.07) is 8.01. The van der Waals surface area contributed by atoms with Gasteiger partial charge in [-0.25, -0.2) is 9.18 Å². The molecule has 2 aromatic carbocycles. The number of anilines is 1. The molecule has 6 nitrogen and oxygen atoms in total. The zero-order chi connectivity index (χ0) is 26.8. The summed E-state index contributed by atoms with van der Waals surface area (Å²) in [5, 5.41) is 6.04. The summed E-state index contributed by atoms with van der Waals surface area (Å²) in [6.45, 7) is 3.82. The lowest BCUT2D eigenvalue weighted by Crippen LogP contribution is -2.53. The second-order valence-corrected chi connectivity index (χ2v) is 9.75. The van der Waals surface area contributed by atoms with Gasteiger partial charge in [0.2, 0.25) is 5.90 Å². The minimum atomic E-state index is -4.78. The van der Waals surface area contributed by atoms with Gasteiger partial charge in [-0.2, -0.15) is 13.2 Å². The minimum absolute atomic E-state index is 0.0515. The highest BCUT2D eigenvalue weighted by atomic mass is 35.5. The number of alkyl halides is 3.